The van der Waals surface area contributed by atoms with E-state index in [1.165, 1.54) is 23.3 Å². The molecule has 0 radical (unpaired) electrons. The molecule has 0 saturated heterocycles. The van der Waals surface area contributed by atoms with Crippen molar-refractivity contribution < 1.29 is 13.2 Å². The molecule has 4 rings (SSSR count). The average Bonchev–Trinajstić information content (AvgIpc) is 3.41. The number of hydrogen-bond donors (Lipinski definition) is 0. The molecule has 166 valence electrons. The Morgan fingerprint density at radius 3 is 2.69 bits per heavy atom. The molecule has 2 aromatic carbocycles. The van der Waals surface area contributed by atoms with Crippen LogP contribution in [0.4, 0.5) is 13.2 Å². The SMILES string of the molecule is CCCn1ncc2cc(C3=CCC([As](CC)c4ccc(C#N)c(C(F)(F)F)c4)C3)ccc21. The summed E-state index contributed by atoms with van der Waals surface area (Å²) in [5.41, 5.74) is 2.48. The van der Waals surface area contributed by atoms with Gasteiger partial charge in [-0.2, -0.15) is 0 Å². The van der Waals surface area contributed by atoms with E-state index in [2.05, 4.69) is 43.2 Å². The molecule has 0 bridgehead atoms. The first-order valence-corrected chi connectivity index (χ1v) is 14.2. The van der Waals surface area contributed by atoms with Gasteiger partial charge in [0.15, 0.2) is 0 Å². The van der Waals surface area contributed by atoms with Gasteiger partial charge in [-0.25, -0.2) is 0 Å². The second-order valence-corrected chi connectivity index (χ2v) is 14.0. The van der Waals surface area contributed by atoms with Gasteiger partial charge >= 0.3 is 191 Å². The second kappa shape index (κ2) is 9.16. The van der Waals surface area contributed by atoms with Gasteiger partial charge < -0.3 is 0 Å². The molecule has 1 aliphatic carbocycles. The van der Waals surface area contributed by atoms with E-state index in [4.69, 9.17) is 5.26 Å². The van der Waals surface area contributed by atoms with Crippen LogP contribution in [0, 0.1) is 11.3 Å². The van der Waals surface area contributed by atoms with Crippen LogP contribution in [0.2, 0.25) is 9.91 Å². The zero-order chi connectivity index (χ0) is 22.9. The molecular weight excluding hydrogens is 474 g/mol. The summed E-state index contributed by atoms with van der Waals surface area (Å²) >= 11 is -1.73. The van der Waals surface area contributed by atoms with Gasteiger partial charge in [0.05, 0.1) is 0 Å². The number of fused-ring (bicyclic) bond motifs is 1. The number of alkyl halides is 3. The van der Waals surface area contributed by atoms with Crippen molar-refractivity contribution in [3.05, 3.63) is 65.4 Å². The Morgan fingerprint density at radius 2 is 2.00 bits per heavy atom. The number of rotatable bonds is 6. The maximum absolute atomic E-state index is 13.5. The van der Waals surface area contributed by atoms with Crippen molar-refractivity contribution >= 4 is 35.5 Å². The molecule has 1 aromatic heterocycles. The van der Waals surface area contributed by atoms with Crippen molar-refractivity contribution in [1.82, 2.24) is 9.78 Å². The van der Waals surface area contributed by atoms with Crippen molar-refractivity contribution in [1.29, 1.82) is 5.26 Å². The molecule has 3 nitrogen and oxygen atoms in total. The number of aromatic nitrogens is 2. The van der Waals surface area contributed by atoms with E-state index >= 15 is 0 Å². The molecule has 0 spiro atoms. The molecule has 2 unspecified atom stereocenters. The molecule has 7 heteroatoms. The minimum atomic E-state index is -4.51. The van der Waals surface area contributed by atoms with Gasteiger partial charge in [-0.05, 0) is 0 Å². The first kappa shape index (κ1) is 22.7. The molecule has 0 saturated carbocycles. The number of allylic oxidation sites excluding steroid dienone is 2. The zero-order valence-electron chi connectivity index (χ0n) is 18.2. The molecule has 3 aromatic rings. The normalized spacial score (nSPS) is 17.4. The van der Waals surface area contributed by atoms with Gasteiger partial charge in [-0.3, -0.25) is 0 Å². The predicted molar refractivity (Wildman–Crippen MR) is 123 cm³/mol. The molecule has 0 aliphatic heterocycles. The monoisotopic (exact) mass is 499 g/mol. The van der Waals surface area contributed by atoms with Crippen LogP contribution in [0.1, 0.15) is 49.8 Å². The molecule has 1 aliphatic rings. The van der Waals surface area contributed by atoms with Gasteiger partial charge in [-0.1, -0.05) is 0 Å². The second-order valence-electron chi connectivity index (χ2n) is 8.09. The number of halogens is 3. The fraction of sp³-hybridized carbons (Fsp3) is 0.360. The first-order valence-electron chi connectivity index (χ1n) is 10.9. The summed E-state index contributed by atoms with van der Waals surface area (Å²) in [6.45, 7) is 5.10. The predicted octanol–water partition coefficient (Wildman–Crippen LogP) is 6.31. The zero-order valence-corrected chi connectivity index (χ0v) is 20.0. The van der Waals surface area contributed by atoms with Crippen LogP contribution >= 0.6 is 0 Å². The summed E-state index contributed by atoms with van der Waals surface area (Å²) in [6, 6.07) is 12.5. The number of nitriles is 1. The van der Waals surface area contributed by atoms with Crippen LogP contribution in [0.15, 0.2) is 48.7 Å². The Hall–Kier alpha value is -2.51. The van der Waals surface area contributed by atoms with Gasteiger partial charge in [0.25, 0.3) is 0 Å². The van der Waals surface area contributed by atoms with E-state index in [-0.39, 0.29) is 5.56 Å². The third kappa shape index (κ3) is 4.36. The van der Waals surface area contributed by atoms with Crippen LogP contribution < -0.4 is 4.35 Å². The maximum atomic E-state index is 13.5. The van der Waals surface area contributed by atoms with Crippen LogP contribution in [0.3, 0.4) is 0 Å². The molecule has 0 amide bonds. The van der Waals surface area contributed by atoms with E-state index in [0.717, 1.165) is 46.3 Å². The van der Waals surface area contributed by atoms with Gasteiger partial charge in [0.2, 0.25) is 0 Å². The van der Waals surface area contributed by atoms with Crippen LogP contribution in [-0.4, -0.2) is 24.4 Å². The Labute approximate surface area is 190 Å². The standard InChI is InChI=1S/C25H25AsF3N3/c1-3-11-32-24-10-7-17(12-20(24)16-31-32)18-5-8-21(13-18)26(4-2)22-9-6-19(15-30)23(14-22)25(27,28)29/h5-7,9-10,12,14,16,21H,3-4,8,11,13H2,1-2H3. The Kier molecular flexibility index (Phi) is 6.49. The molecule has 0 N–H and O–H groups in total. The van der Waals surface area contributed by atoms with Gasteiger partial charge in [0.1, 0.15) is 0 Å². The van der Waals surface area contributed by atoms with Crippen molar-refractivity contribution in [2.45, 2.75) is 55.7 Å². The van der Waals surface area contributed by atoms with Crippen LogP contribution in [0.5, 0.6) is 0 Å². The van der Waals surface area contributed by atoms with Crippen molar-refractivity contribution in [3.8, 4) is 6.07 Å². The van der Waals surface area contributed by atoms with Gasteiger partial charge in [-0.15, -0.1) is 0 Å². The molecule has 0 fully saturated rings. The first-order chi connectivity index (χ1) is 15.4. The summed E-state index contributed by atoms with van der Waals surface area (Å²) in [5.74, 6) is 0. The number of aryl methyl sites for hydroxylation is 1. The quantitative estimate of drug-likeness (QED) is 0.373. The van der Waals surface area contributed by atoms with Gasteiger partial charge in [0, 0.05) is 0 Å². The van der Waals surface area contributed by atoms with E-state index in [0.29, 0.717) is 4.71 Å². The summed E-state index contributed by atoms with van der Waals surface area (Å²) in [5, 5.41) is 15.6. The van der Waals surface area contributed by atoms with E-state index in [1.807, 2.05) is 10.9 Å². The fourth-order valence-electron chi connectivity index (χ4n) is 4.54. The summed E-state index contributed by atoms with van der Waals surface area (Å²) in [7, 11) is 0. The third-order valence-corrected chi connectivity index (χ3v) is 12.2. The van der Waals surface area contributed by atoms with Crippen molar-refractivity contribution in [2.24, 2.45) is 0 Å². The minimum absolute atomic E-state index is 0.298. The van der Waals surface area contributed by atoms with Crippen molar-refractivity contribution in [3.63, 3.8) is 0 Å². The van der Waals surface area contributed by atoms with E-state index in [1.54, 1.807) is 12.1 Å². The molecular formula is C25H25AsF3N3. The van der Waals surface area contributed by atoms with Crippen LogP contribution in [0.25, 0.3) is 16.5 Å². The molecule has 2 atom stereocenters. The third-order valence-electron chi connectivity index (χ3n) is 6.08. The topological polar surface area (TPSA) is 41.6 Å². The molecule has 32 heavy (non-hydrogen) atoms. The Bertz CT molecular complexity index is 1200. The number of benzene rings is 2. The van der Waals surface area contributed by atoms with Crippen molar-refractivity contribution in [2.75, 3.05) is 0 Å². The Balaban J connectivity index is 1.57. The Morgan fingerprint density at radius 1 is 1.19 bits per heavy atom. The number of hydrogen-bond acceptors (Lipinski definition) is 2. The number of nitrogens with zero attached hydrogens (tertiary/aromatic N) is 3. The summed E-state index contributed by atoms with van der Waals surface area (Å²) in [4.78, 5) is 0. The van der Waals surface area contributed by atoms with E-state index < -0.39 is 26.4 Å². The summed E-state index contributed by atoms with van der Waals surface area (Å²) in [6.07, 6.45) is 2.47. The van der Waals surface area contributed by atoms with E-state index in [9.17, 15) is 13.2 Å². The fourth-order valence-corrected chi connectivity index (χ4v) is 10.1. The summed E-state index contributed by atoms with van der Waals surface area (Å²) < 4.78 is 43.6. The van der Waals surface area contributed by atoms with Crippen LogP contribution in [-0.2, 0) is 12.7 Å². The average molecular weight is 499 g/mol. The molecule has 1 heterocycles.